The van der Waals surface area contributed by atoms with E-state index in [1.807, 2.05) is 4.98 Å². The van der Waals surface area contributed by atoms with Crippen LogP contribution in [0.15, 0.2) is 46.1 Å². The Labute approximate surface area is 206 Å². The zero-order chi connectivity index (χ0) is 26.6. The lowest BCUT2D eigenvalue weighted by Gasteiger charge is -2.24. The third-order valence-corrected chi connectivity index (χ3v) is 6.22. The molecule has 0 radical (unpaired) electrons. The Balaban J connectivity index is 1.66. The van der Waals surface area contributed by atoms with E-state index in [4.69, 9.17) is 18.7 Å². The maximum atomic E-state index is 15.3. The predicted molar refractivity (Wildman–Crippen MR) is 125 cm³/mol. The first-order chi connectivity index (χ1) is 16.9. The van der Waals surface area contributed by atoms with Gasteiger partial charge in [0.05, 0.1) is 6.10 Å². The molecule has 0 amide bonds. The molecule has 2 aromatic rings. The minimum absolute atomic E-state index is 0.0550. The number of para-hydroxylation sites is 2. The van der Waals surface area contributed by atoms with Gasteiger partial charge in [-0.05, 0) is 39.8 Å². The van der Waals surface area contributed by atoms with E-state index in [1.165, 1.54) is 19.1 Å². The highest BCUT2D eigenvalue weighted by atomic mass is 31.1. The second-order valence-electron chi connectivity index (χ2n) is 8.58. The van der Waals surface area contributed by atoms with Gasteiger partial charge in [0.25, 0.3) is 5.56 Å². The van der Waals surface area contributed by atoms with Gasteiger partial charge in [0.1, 0.15) is 24.9 Å². The minimum atomic E-state index is -2.55. The summed E-state index contributed by atoms with van der Waals surface area (Å²) in [4.78, 5) is 37.3. The highest BCUT2D eigenvalue weighted by molar-refractivity contribution is 7.37. The molecule has 0 spiro atoms. The van der Waals surface area contributed by atoms with Crippen LogP contribution < -0.4 is 25.6 Å². The van der Waals surface area contributed by atoms with Crippen LogP contribution in [0.1, 0.15) is 33.9 Å². The van der Waals surface area contributed by atoms with Gasteiger partial charge in [0, 0.05) is 16.8 Å². The highest BCUT2D eigenvalue weighted by Crippen LogP contribution is 2.41. The maximum absolute atomic E-state index is 15.3. The number of halogens is 1. The van der Waals surface area contributed by atoms with Gasteiger partial charge >= 0.3 is 19.8 Å². The van der Waals surface area contributed by atoms with Gasteiger partial charge in [-0.15, -0.1) is 0 Å². The Kier molecular flexibility index (Phi) is 8.62. The van der Waals surface area contributed by atoms with Gasteiger partial charge in [-0.2, -0.15) is 0 Å². The fourth-order valence-electron chi connectivity index (χ4n) is 3.44. The number of nitrogens with zero attached hydrogens (tertiary/aromatic N) is 1. The van der Waals surface area contributed by atoms with Crippen LogP contribution in [0.3, 0.4) is 0 Å². The summed E-state index contributed by atoms with van der Waals surface area (Å²) in [7, 11) is -2.55. The molecule has 2 unspecified atom stereocenters. The van der Waals surface area contributed by atoms with Crippen LogP contribution in [0, 0.1) is 0 Å². The number of nitrogens with one attached hydrogen (secondary N) is 2. The molecule has 1 fully saturated rings. The van der Waals surface area contributed by atoms with Crippen LogP contribution in [-0.2, 0) is 18.8 Å². The molecule has 1 aliphatic rings. The minimum Gasteiger partial charge on any atom is -0.487 e. The van der Waals surface area contributed by atoms with Crippen LogP contribution in [-0.4, -0.2) is 57.3 Å². The van der Waals surface area contributed by atoms with Crippen molar-refractivity contribution >= 4 is 14.1 Å². The van der Waals surface area contributed by atoms with E-state index in [-0.39, 0.29) is 24.2 Å². The molecule has 1 aliphatic heterocycles. The van der Waals surface area contributed by atoms with Crippen molar-refractivity contribution in [2.45, 2.75) is 63.9 Å². The van der Waals surface area contributed by atoms with Gasteiger partial charge in [0.15, 0.2) is 17.6 Å². The number of ether oxygens (including phenoxy) is 3. The zero-order valence-corrected chi connectivity index (χ0v) is 20.9. The normalized spacial score (nSPS) is 24.9. The third-order valence-electron chi connectivity index (χ3n) is 5.26. The Morgan fingerprint density at radius 1 is 1.28 bits per heavy atom. The molecular formula is C22H28FN3O9P+. The number of aromatic amines is 1. The topological polar surface area (TPSA) is 158 Å². The summed E-state index contributed by atoms with van der Waals surface area (Å²) in [6.45, 7) is 5.56. The van der Waals surface area contributed by atoms with E-state index in [0.717, 1.165) is 23.8 Å². The molecule has 6 atom stereocenters. The second-order valence-corrected chi connectivity index (χ2v) is 9.54. The summed E-state index contributed by atoms with van der Waals surface area (Å²) in [6.07, 6.45) is -3.67. The highest BCUT2D eigenvalue weighted by Gasteiger charge is 2.55. The molecule has 12 nitrogen and oxygen atoms in total. The molecule has 1 aromatic carbocycles. The SMILES string of the molecule is CC(C)OC(=O)C(C)N[P+](=O)Oc1ccccc1OC[C@H]1O[C@@H](n2ccc(=O)[nH]c2=O)[C@](C)(F)[C@@H]1O. The van der Waals surface area contributed by atoms with Gasteiger partial charge in [-0.25, -0.2) is 13.7 Å². The number of H-pyrrole nitrogens is 1. The quantitative estimate of drug-likeness (QED) is 0.305. The summed E-state index contributed by atoms with van der Waals surface area (Å²) in [5, 5.41) is 13.0. The molecule has 0 bridgehead atoms. The first kappa shape index (κ1) is 27.5. The Bertz CT molecular complexity index is 1220. The number of hydrogen-bond donors (Lipinski definition) is 3. The van der Waals surface area contributed by atoms with Crippen LogP contribution in [0.25, 0.3) is 0 Å². The molecule has 1 saturated heterocycles. The van der Waals surface area contributed by atoms with Crippen LogP contribution in [0.5, 0.6) is 11.5 Å². The molecular weight excluding hydrogens is 500 g/mol. The average Bonchev–Trinajstić information content (AvgIpc) is 3.01. The summed E-state index contributed by atoms with van der Waals surface area (Å²) in [6, 6.07) is 6.30. The molecule has 36 heavy (non-hydrogen) atoms. The number of benzene rings is 1. The molecule has 1 aromatic heterocycles. The lowest BCUT2D eigenvalue weighted by molar-refractivity contribution is -0.148. The number of aliphatic hydroxyl groups is 1. The van der Waals surface area contributed by atoms with Crippen LogP contribution in [0.2, 0.25) is 0 Å². The largest absolute Gasteiger partial charge is 0.664 e. The summed E-state index contributed by atoms with van der Waals surface area (Å²) < 4.78 is 50.2. The number of aliphatic hydroxyl groups excluding tert-OH is 1. The van der Waals surface area contributed by atoms with E-state index in [0.29, 0.717) is 0 Å². The van der Waals surface area contributed by atoms with E-state index in [1.54, 1.807) is 26.0 Å². The standard InChI is InChI=1S/C22H27FN3O9P/c1-12(2)33-19(29)13(3)25-36(31)35-15-8-6-5-7-14(15)32-11-16-18(28)22(4,23)20(34-16)26-10-9-17(27)24-21(26)30/h5-10,12-13,16,18,20,28H,11H2,1-4H3,(H-,24,25,27,30,31)/p+1/t13?,16-,18-,20-,22-/m1/s1. The molecule has 3 rings (SSSR count). The number of alkyl halides is 1. The monoisotopic (exact) mass is 528 g/mol. The van der Waals surface area contributed by atoms with Crippen molar-refractivity contribution < 1.29 is 37.6 Å². The van der Waals surface area contributed by atoms with Crippen molar-refractivity contribution in [1.29, 1.82) is 0 Å². The van der Waals surface area contributed by atoms with E-state index < -0.39 is 55.5 Å². The summed E-state index contributed by atoms with van der Waals surface area (Å²) in [5.74, 6) is -0.431. The van der Waals surface area contributed by atoms with Gasteiger partial charge < -0.3 is 19.3 Å². The molecule has 2 heterocycles. The van der Waals surface area contributed by atoms with Gasteiger partial charge in [0.2, 0.25) is 5.75 Å². The predicted octanol–water partition coefficient (Wildman–Crippen LogP) is 1.57. The van der Waals surface area contributed by atoms with Gasteiger partial charge in [-0.1, -0.05) is 17.2 Å². The molecule has 196 valence electrons. The lowest BCUT2D eigenvalue weighted by atomic mass is 9.98. The third kappa shape index (κ3) is 6.35. The van der Waals surface area contributed by atoms with Crippen molar-refractivity contribution in [3.63, 3.8) is 0 Å². The van der Waals surface area contributed by atoms with Crippen LogP contribution >= 0.6 is 8.18 Å². The Morgan fingerprint density at radius 2 is 1.94 bits per heavy atom. The zero-order valence-electron chi connectivity index (χ0n) is 20.0. The number of hydrogen-bond acceptors (Lipinski definition) is 9. The first-order valence-electron chi connectivity index (χ1n) is 11.1. The molecule has 0 saturated carbocycles. The van der Waals surface area contributed by atoms with Crippen molar-refractivity contribution in [2.75, 3.05) is 6.61 Å². The Morgan fingerprint density at radius 3 is 2.58 bits per heavy atom. The van der Waals surface area contributed by atoms with E-state index in [9.17, 15) is 24.1 Å². The van der Waals surface area contributed by atoms with E-state index >= 15 is 4.39 Å². The summed E-state index contributed by atoms with van der Waals surface area (Å²) >= 11 is 0. The number of rotatable bonds is 10. The smallest absolute Gasteiger partial charge is 0.487 e. The fourth-order valence-corrected chi connectivity index (χ4v) is 4.24. The van der Waals surface area contributed by atoms with Crippen molar-refractivity contribution in [3.05, 3.63) is 57.4 Å². The maximum Gasteiger partial charge on any atom is 0.664 e. The average molecular weight is 528 g/mol. The number of carbonyl (C=O) groups excluding carboxylic acids is 1. The van der Waals surface area contributed by atoms with Gasteiger partial charge in [-0.3, -0.25) is 19.1 Å². The van der Waals surface area contributed by atoms with E-state index in [2.05, 4.69) is 5.09 Å². The number of aromatic nitrogens is 2. The van der Waals surface area contributed by atoms with Crippen molar-refractivity contribution in [1.82, 2.24) is 14.6 Å². The number of carbonyl (C=O) groups is 1. The van der Waals surface area contributed by atoms with Crippen molar-refractivity contribution in [3.8, 4) is 11.5 Å². The Hall–Kier alpha value is -3.12. The molecule has 3 N–H and O–H groups in total. The summed E-state index contributed by atoms with van der Waals surface area (Å²) in [5.41, 5.74) is -3.95. The second kappa shape index (κ2) is 11.3. The molecule has 0 aliphatic carbocycles. The van der Waals surface area contributed by atoms with Crippen molar-refractivity contribution in [2.24, 2.45) is 0 Å². The molecule has 14 heteroatoms. The van der Waals surface area contributed by atoms with Crippen LogP contribution in [0.4, 0.5) is 4.39 Å². The first-order valence-corrected chi connectivity index (χ1v) is 12.3. The fraction of sp³-hybridized carbons (Fsp3) is 0.500. The lowest BCUT2D eigenvalue weighted by Crippen LogP contribution is -2.43. The number of esters is 1.